The van der Waals surface area contributed by atoms with Crippen LogP contribution in [0.3, 0.4) is 0 Å². The van der Waals surface area contributed by atoms with Crippen LogP contribution in [0.4, 0.5) is 10.1 Å². The molecule has 0 radical (unpaired) electrons. The molecule has 0 unspecified atom stereocenters. The molecule has 1 aliphatic heterocycles. The van der Waals surface area contributed by atoms with Crippen LogP contribution in [0, 0.1) is 5.82 Å². The molecule has 1 aliphatic rings. The number of nitrogens with one attached hydrogen (secondary N) is 1. The molecule has 0 saturated carbocycles. The molecule has 2 aromatic carbocycles. The van der Waals surface area contributed by atoms with Crippen molar-refractivity contribution < 1.29 is 14.0 Å². The Morgan fingerprint density at radius 1 is 1.13 bits per heavy atom. The van der Waals surface area contributed by atoms with Gasteiger partial charge in [-0.3, -0.25) is 14.5 Å². The first kappa shape index (κ1) is 22.5. The zero-order valence-electron chi connectivity index (χ0n) is 16.1. The summed E-state index contributed by atoms with van der Waals surface area (Å²) in [5, 5.41) is 3.44. The second-order valence-corrected chi connectivity index (χ2v) is 8.83. The van der Waals surface area contributed by atoms with E-state index in [1.165, 1.54) is 23.9 Å². The molecule has 1 fully saturated rings. The van der Waals surface area contributed by atoms with Gasteiger partial charge in [-0.25, -0.2) is 4.39 Å². The number of anilines is 1. The van der Waals surface area contributed by atoms with E-state index < -0.39 is 0 Å². The van der Waals surface area contributed by atoms with Crippen molar-refractivity contribution in [1.29, 1.82) is 0 Å². The minimum atomic E-state index is -0.375. The van der Waals surface area contributed by atoms with Crippen LogP contribution in [0.15, 0.2) is 53.4 Å². The molecule has 0 aliphatic carbocycles. The van der Waals surface area contributed by atoms with E-state index in [0.717, 1.165) is 12.8 Å². The van der Waals surface area contributed by atoms with Crippen LogP contribution in [0.2, 0.25) is 5.02 Å². The van der Waals surface area contributed by atoms with E-state index >= 15 is 0 Å². The first-order valence-electron chi connectivity index (χ1n) is 9.49. The lowest BCUT2D eigenvalue weighted by atomic mass is 10.1. The number of unbranched alkanes of at least 4 members (excludes halogenated alkanes) is 2. The monoisotopic (exact) mass is 462 g/mol. The normalized spacial score (nSPS) is 15.1. The maximum Gasteiger partial charge on any atom is 0.266 e. The largest absolute Gasteiger partial charge is 0.326 e. The summed E-state index contributed by atoms with van der Waals surface area (Å²) in [5.74, 6) is -0.635. The Kier molecular flexibility index (Phi) is 8.01. The van der Waals surface area contributed by atoms with Crippen LogP contribution in [-0.4, -0.2) is 27.6 Å². The molecule has 1 saturated heterocycles. The first-order chi connectivity index (χ1) is 14.4. The second kappa shape index (κ2) is 10.7. The Morgan fingerprint density at radius 3 is 2.60 bits per heavy atom. The predicted octanol–water partition coefficient (Wildman–Crippen LogP) is 5.88. The molecule has 0 spiro atoms. The number of hydrogen-bond acceptors (Lipinski definition) is 4. The SMILES string of the molecule is O=C(CCCCCN1C(=O)/C(=C/c2ccccc2F)SC1=S)Nc1ccc(Cl)cc1. The lowest BCUT2D eigenvalue weighted by molar-refractivity contribution is -0.122. The van der Waals surface area contributed by atoms with Crippen LogP contribution in [0.25, 0.3) is 6.08 Å². The summed E-state index contributed by atoms with van der Waals surface area (Å²) in [6.45, 7) is 0.484. The maximum absolute atomic E-state index is 13.8. The van der Waals surface area contributed by atoms with Gasteiger partial charge < -0.3 is 5.32 Å². The molecule has 3 rings (SSSR count). The van der Waals surface area contributed by atoms with Gasteiger partial charge in [-0.2, -0.15) is 0 Å². The molecular weight excluding hydrogens is 443 g/mol. The van der Waals surface area contributed by atoms with E-state index in [9.17, 15) is 14.0 Å². The van der Waals surface area contributed by atoms with E-state index in [4.69, 9.17) is 23.8 Å². The Morgan fingerprint density at radius 2 is 1.87 bits per heavy atom. The number of carbonyl (C=O) groups excluding carboxylic acids is 2. The van der Waals surface area contributed by atoms with Crippen LogP contribution in [0.5, 0.6) is 0 Å². The number of rotatable bonds is 8. The lowest BCUT2D eigenvalue weighted by Gasteiger charge is -2.14. The Labute approximate surface area is 189 Å². The zero-order valence-corrected chi connectivity index (χ0v) is 18.5. The highest BCUT2D eigenvalue weighted by Gasteiger charge is 2.31. The van der Waals surface area contributed by atoms with Crippen molar-refractivity contribution in [2.75, 3.05) is 11.9 Å². The van der Waals surface area contributed by atoms with Gasteiger partial charge in [0, 0.05) is 29.2 Å². The number of thiocarbonyl (C=S) groups is 1. The molecule has 156 valence electrons. The summed E-state index contributed by atoms with van der Waals surface area (Å²) in [6.07, 6.45) is 4.16. The third-order valence-corrected chi connectivity index (χ3v) is 6.11. The molecule has 4 nitrogen and oxygen atoms in total. The predicted molar refractivity (Wildman–Crippen MR) is 125 cm³/mol. The highest BCUT2D eigenvalue weighted by atomic mass is 35.5. The van der Waals surface area contributed by atoms with E-state index in [0.29, 0.717) is 44.9 Å². The summed E-state index contributed by atoms with van der Waals surface area (Å²) >= 11 is 12.3. The molecular formula is C22H20ClFN2O2S2. The topological polar surface area (TPSA) is 49.4 Å². The Balaban J connectivity index is 1.42. The van der Waals surface area contributed by atoms with Crippen molar-refractivity contribution in [2.45, 2.75) is 25.7 Å². The smallest absolute Gasteiger partial charge is 0.266 e. The maximum atomic E-state index is 13.8. The summed E-state index contributed by atoms with van der Waals surface area (Å²) in [7, 11) is 0. The third kappa shape index (κ3) is 6.14. The standard InChI is InChI=1S/C22H20ClFN2O2S2/c23-16-9-11-17(12-10-16)25-20(27)8-2-1-5-13-26-21(28)19(30-22(26)29)14-15-6-3-4-7-18(15)24/h3-4,6-7,9-12,14H,1-2,5,8,13H2,(H,25,27)/b19-14-. The van der Waals surface area contributed by atoms with Crippen molar-refractivity contribution in [1.82, 2.24) is 4.90 Å². The average Bonchev–Trinajstić information content (AvgIpc) is 2.98. The lowest BCUT2D eigenvalue weighted by Crippen LogP contribution is -2.29. The van der Waals surface area contributed by atoms with Gasteiger partial charge in [0.1, 0.15) is 10.1 Å². The quantitative estimate of drug-likeness (QED) is 0.302. The van der Waals surface area contributed by atoms with Crippen LogP contribution < -0.4 is 5.32 Å². The summed E-state index contributed by atoms with van der Waals surface area (Å²) < 4.78 is 14.3. The molecule has 1 heterocycles. The van der Waals surface area contributed by atoms with Gasteiger partial charge in [0.15, 0.2) is 0 Å². The van der Waals surface area contributed by atoms with E-state index in [1.54, 1.807) is 47.4 Å². The summed E-state index contributed by atoms with van der Waals surface area (Å²) in [4.78, 5) is 26.5. The van der Waals surface area contributed by atoms with Crippen LogP contribution >= 0.6 is 35.6 Å². The van der Waals surface area contributed by atoms with Crippen molar-refractivity contribution >= 4 is 63.5 Å². The molecule has 30 heavy (non-hydrogen) atoms. The van der Waals surface area contributed by atoms with Gasteiger partial charge in [-0.15, -0.1) is 0 Å². The average molecular weight is 463 g/mol. The zero-order chi connectivity index (χ0) is 21.5. The number of thioether (sulfide) groups is 1. The fraction of sp³-hybridized carbons (Fsp3) is 0.227. The molecule has 1 N–H and O–H groups in total. The minimum Gasteiger partial charge on any atom is -0.326 e. The number of hydrogen-bond donors (Lipinski definition) is 1. The molecule has 0 aromatic heterocycles. The van der Waals surface area contributed by atoms with Gasteiger partial charge in [-0.1, -0.05) is 60.2 Å². The van der Waals surface area contributed by atoms with Crippen molar-refractivity contribution in [3.63, 3.8) is 0 Å². The molecule has 0 atom stereocenters. The molecule has 0 bridgehead atoms. The van der Waals surface area contributed by atoms with Crippen LogP contribution in [-0.2, 0) is 9.59 Å². The van der Waals surface area contributed by atoms with E-state index in [1.807, 2.05) is 0 Å². The summed E-state index contributed by atoms with van der Waals surface area (Å²) in [6, 6.07) is 13.3. The third-order valence-electron chi connectivity index (χ3n) is 4.48. The van der Waals surface area contributed by atoms with Crippen molar-refractivity contribution in [3.8, 4) is 0 Å². The minimum absolute atomic E-state index is 0.0595. The fourth-order valence-corrected chi connectivity index (χ4v) is 4.34. The van der Waals surface area contributed by atoms with Gasteiger partial charge in [0.2, 0.25) is 5.91 Å². The van der Waals surface area contributed by atoms with Gasteiger partial charge >= 0.3 is 0 Å². The number of amides is 2. The van der Waals surface area contributed by atoms with E-state index in [2.05, 4.69) is 5.32 Å². The fourth-order valence-electron chi connectivity index (χ4n) is 2.92. The first-order valence-corrected chi connectivity index (χ1v) is 11.1. The number of nitrogens with zero attached hydrogens (tertiary/aromatic N) is 1. The van der Waals surface area contributed by atoms with Crippen molar-refractivity contribution in [2.24, 2.45) is 0 Å². The summed E-state index contributed by atoms with van der Waals surface area (Å²) in [5.41, 5.74) is 1.08. The molecule has 8 heteroatoms. The van der Waals surface area contributed by atoms with Crippen LogP contribution in [0.1, 0.15) is 31.2 Å². The van der Waals surface area contributed by atoms with E-state index in [-0.39, 0.29) is 17.6 Å². The van der Waals surface area contributed by atoms with Gasteiger partial charge in [0.05, 0.1) is 4.91 Å². The number of benzene rings is 2. The highest BCUT2D eigenvalue weighted by molar-refractivity contribution is 8.26. The van der Waals surface area contributed by atoms with Crippen molar-refractivity contribution in [3.05, 3.63) is 69.8 Å². The number of carbonyl (C=O) groups is 2. The van der Waals surface area contributed by atoms with Gasteiger partial charge in [-0.05, 0) is 49.2 Å². The Bertz CT molecular complexity index is 979. The Hall–Kier alpha value is -2.22. The number of halogens is 2. The second-order valence-electron chi connectivity index (χ2n) is 6.72. The highest BCUT2D eigenvalue weighted by Crippen LogP contribution is 2.33. The molecule has 2 amide bonds. The van der Waals surface area contributed by atoms with Gasteiger partial charge in [0.25, 0.3) is 5.91 Å². The molecule has 2 aromatic rings.